The van der Waals surface area contributed by atoms with E-state index in [0.29, 0.717) is 21.5 Å². The molecule has 0 saturated carbocycles. The highest BCUT2D eigenvalue weighted by molar-refractivity contribution is 6.20. The normalized spacial score (nSPS) is 12.7. The number of hydrogen-bond acceptors (Lipinski definition) is 0. The van der Waals surface area contributed by atoms with Gasteiger partial charge >= 0.3 is 0 Å². The molecule has 0 spiro atoms. The fraction of sp³-hybridized carbons (Fsp3) is 0. The summed E-state index contributed by atoms with van der Waals surface area (Å²) in [5, 5.41) is 5.91. The largest absolute Gasteiger partial charge is 0.206 e. The highest BCUT2D eigenvalue weighted by Gasteiger charge is 2.27. The van der Waals surface area contributed by atoms with Crippen molar-refractivity contribution in [2.24, 2.45) is 0 Å². The first-order chi connectivity index (χ1) is 17.7. The Morgan fingerprint density at radius 2 is 0.611 bits per heavy atom. The Bertz CT molecular complexity index is 1870. The zero-order chi connectivity index (χ0) is 23.7. The number of hydrogen-bond donors (Lipinski definition) is 0. The molecule has 0 amide bonds. The molecule has 0 nitrogen and oxygen atoms in total. The van der Waals surface area contributed by atoms with Crippen LogP contribution in [-0.4, -0.2) is 0 Å². The monoisotopic (exact) mass is 462 g/mol. The SMILES string of the molecule is Fc1c2cc3c(cc2c(F)c2cc4c(cc12)-c1cccc2cccc-4c12)-c1cccc2cccc-3c12. The fourth-order valence-corrected chi connectivity index (χ4v) is 6.69. The molecule has 0 aliphatic heterocycles. The first-order valence-electron chi connectivity index (χ1n) is 12.2. The minimum Gasteiger partial charge on any atom is -0.206 e. The average Bonchev–Trinajstić information content (AvgIpc) is 3.41. The molecule has 7 aromatic rings. The summed E-state index contributed by atoms with van der Waals surface area (Å²) >= 11 is 0. The Labute approximate surface area is 205 Å². The van der Waals surface area contributed by atoms with Crippen molar-refractivity contribution in [3.8, 4) is 44.5 Å². The summed E-state index contributed by atoms with van der Waals surface area (Å²) in [4.78, 5) is 0. The van der Waals surface area contributed by atoms with Crippen molar-refractivity contribution < 1.29 is 8.78 Å². The second-order valence-corrected chi connectivity index (χ2v) is 9.93. The summed E-state index contributed by atoms with van der Waals surface area (Å²) in [7, 11) is 0. The van der Waals surface area contributed by atoms with Crippen molar-refractivity contribution in [3.05, 3.63) is 109 Å². The third-order valence-electron chi connectivity index (χ3n) is 8.23. The van der Waals surface area contributed by atoms with Crippen LogP contribution in [0.2, 0.25) is 0 Å². The lowest BCUT2D eigenvalue weighted by atomic mass is 9.92. The third-order valence-corrected chi connectivity index (χ3v) is 8.23. The van der Waals surface area contributed by atoms with Gasteiger partial charge in [-0.3, -0.25) is 0 Å². The van der Waals surface area contributed by atoms with Gasteiger partial charge in [0, 0.05) is 21.5 Å². The molecule has 0 unspecified atom stereocenters. The molecule has 166 valence electrons. The van der Waals surface area contributed by atoms with Crippen LogP contribution in [0.5, 0.6) is 0 Å². The molecule has 0 bridgehead atoms. The molecule has 0 N–H and O–H groups in total. The van der Waals surface area contributed by atoms with Crippen LogP contribution < -0.4 is 0 Å². The molecule has 0 saturated heterocycles. The van der Waals surface area contributed by atoms with Gasteiger partial charge in [-0.05, 0) is 90.3 Å². The van der Waals surface area contributed by atoms with Crippen molar-refractivity contribution in [2.75, 3.05) is 0 Å². The van der Waals surface area contributed by atoms with Crippen molar-refractivity contribution in [1.82, 2.24) is 0 Å². The fourth-order valence-electron chi connectivity index (χ4n) is 6.69. The summed E-state index contributed by atoms with van der Waals surface area (Å²) in [5.74, 6) is -0.725. The highest BCUT2D eigenvalue weighted by atomic mass is 19.1. The summed E-state index contributed by atoms with van der Waals surface area (Å²) in [5.41, 5.74) is 8.17. The second kappa shape index (κ2) is 6.16. The second-order valence-electron chi connectivity index (χ2n) is 9.93. The molecule has 0 fully saturated rings. The standard InChI is InChI=1S/C34H16F2/c35-33-27-13-23-19-9-1-5-17-6-2-10-20(31(17)19)24(23)14-28(27)34(36)30-16-26-22-12-4-8-18-7-3-11-21(32(18)22)25(26)15-29(30)33/h1-16H. The van der Waals surface area contributed by atoms with E-state index >= 15 is 8.78 Å². The summed E-state index contributed by atoms with van der Waals surface area (Å²) < 4.78 is 32.5. The smallest absolute Gasteiger partial charge is 0.139 e. The van der Waals surface area contributed by atoms with E-state index in [4.69, 9.17) is 0 Å². The topological polar surface area (TPSA) is 0 Å². The van der Waals surface area contributed by atoms with Gasteiger partial charge in [-0.1, -0.05) is 72.8 Å². The molecule has 7 aromatic carbocycles. The minimum absolute atomic E-state index is 0.331. The zero-order valence-corrected chi connectivity index (χ0v) is 19.0. The van der Waals surface area contributed by atoms with E-state index in [-0.39, 0.29) is 11.6 Å². The molecule has 36 heavy (non-hydrogen) atoms. The molecule has 0 atom stereocenters. The van der Waals surface area contributed by atoms with Gasteiger partial charge in [-0.25, -0.2) is 8.78 Å². The molecule has 9 rings (SSSR count). The molecule has 0 radical (unpaired) electrons. The number of rotatable bonds is 0. The number of halogens is 2. The van der Waals surface area contributed by atoms with Crippen LogP contribution in [-0.2, 0) is 0 Å². The van der Waals surface area contributed by atoms with Crippen molar-refractivity contribution in [3.63, 3.8) is 0 Å². The summed E-state index contributed by atoms with van der Waals surface area (Å²) in [6.07, 6.45) is 0. The zero-order valence-electron chi connectivity index (χ0n) is 19.0. The van der Waals surface area contributed by atoms with Gasteiger partial charge in [0.15, 0.2) is 0 Å². The maximum absolute atomic E-state index is 16.3. The van der Waals surface area contributed by atoms with Gasteiger partial charge in [0.05, 0.1) is 0 Å². The Morgan fingerprint density at radius 3 is 0.889 bits per heavy atom. The van der Waals surface area contributed by atoms with Gasteiger partial charge in [-0.2, -0.15) is 0 Å². The molecule has 0 aromatic heterocycles. The van der Waals surface area contributed by atoms with Crippen LogP contribution in [0.4, 0.5) is 8.78 Å². The van der Waals surface area contributed by atoms with E-state index < -0.39 is 0 Å². The van der Waals surface area contributed by atoms with Crippen molar-refractivity contribution in [1.29, 1.82) is 0 Å². The van der Waals surface area contributed by atoms with E-state index in [0.717, 1.165) is 66.1 Å². The van der Waals surface area contributed by atoms with Crippen LogP contribution >= 0.6 is 0 Å². The van der Waals surface area contributed by atoms with E-state index in [1.54, 1.807) is 0 Å². The van der Waals surface area contributed by atoms with Gasteiger partial charge in [0.1, 0.15) is 11.6 Å². The number of benzene rings is 7. The molecule has 2 heteroatoms. The first-order valence-corrected chi connectivity index (χ1v) is 12.2. The summed E-state index contributed by atoms with van der Waals surface area (Å²) in [6.45, 7) is 0. The van der Waals surface area contributed by atoms with Crippen LogP contribution in [0.25, 0.3) is 87.6 Å². The Balaban J connectivity index is 1.41. The maximum Gasteiger partial charge on any atom is 0.139 e. The Morgan fingerprint density at radius 1 is 0.333 bits per heavy atom. The predicted octanol–water partition coefficient (Wildman–Crippen LogP) is 9.87. The molecular formula is C34H16F2. The average molecular weight is 462 g/mol. The third kappa shape index (κ3) is 2.06. The van der Waals surface area contributed by atoms with Gasteiger partial charge in [-0.15, -0.1) is 0 Å². The highest BCUT2D eigenvalue weighted by Crippen LogP contribution is 2.52. The van der Waals surface area contributed by atoms with E-state index in [9.17, 15) is 0 Å². The lowest BCUT2D eigenvalue weighted by molar-refractivity contribution is 0.635. The molecular weight excluding hydrogens is 446 g/mol. The summed E-state index contributed by atoms with van der Waals surface area (Å²) in [6, 6.07) is 32.1. The van der Waals surface area contributed by atoms with E-state index in [2.05, 4.69) is 48.5 Å². The van der Waals surface area contributed by atoms with Crippen LogP contribution in [0, 0.1) is 11.6 Å². The van der Waals surface area contributed by atoms with Gasteiger partial charge in [0.2, 0.25) is 0 Å². The van der Waals surface area contributed by atoms with Crippen LogP contribution in [0.15, 0.2) is 97.1 Å². The lowest BCUT2D eigenvalue weighted by Crippen LogP contribution is -1.93. The van der Waals surface area contributed by atoms with E-state index in [1.807, 2.05) is 48.5 Å². The van der Waals surface area contributed by atoms with Crippen LogP contribution in [0.1, 0.15) is 0 Å². The molecule has 2 aliphatic carbocycles. The molecule has 2 aliphatic rings. The predicted molar refractivity (Wildman–Crippen MR) is 145 cm³/mol. The molecule has 0 heterocycles. The lowest BCUT2D eigenvalue weighted by Gasteiger charge is -2.13. The van der Waals surface area contributed by atoms with Gasteiger partial charge < -0.3 is 0 Å². The first kappa shape index (κ1) is 18.7. The minimum atomic E-state index is -0.363. The number of fused-ring (bicyclic) bond motifs is 8. The van der Waals surface area contributed by atoms with Gasteiger partial charge in [0.25, 0.3) is 0 Å². The quantitative estimate of drug-likeness (QED) is 0.197. The maximum atomic E-state index is 16.3. The van der Waals surface area contributed by atoms with E-state index in [1.165, 1.54) is 0 Å². The van der Waals surface area contributed by atoms with Crippen molar-refractivity contribution in [2.45, 2.75) is 0 Å². The van der Waals surface area contributed by atoms with Crippen molar-refractivity contribution >= 4 is 43.1 Å². The Hall–Kier alpha value is -4.56. The Kier molecular flexibility index (Phi) is 3.21. The van der Waals surface area contributed by atoms with Crippen LogP contribution in [0.3, 0.4) is 0 Å².